The molecule has 0 spiro atoms. The van der Waals surface area contributed by atoms with Crippen molar-refractivity contribution in [1.29, 1.82) is 0 Å². The Morgan fingerprint density at radius 2 is 1.82 bits per heavy atom. The lowest BCUT2D eigenvalue weighted by molar-refractivity contribution is 0.485. The van der Waals surface area contributed by atoms with E-state index in [-0.39, 0.29) is 37.2 Å². The highest BCUT2D eigenvalue weighted by molar-refractivity contribution is 7.87. The first-order valence-corrected chi connectivity index (χ1v) is 10.3. The van der Waals surface area contributed by atoms with E-state index in [0.29, 0.717) is 11.2 Å². The summed E-state index contributed by atoms with van der Waals surface area (Å²) >= 11 is 18.0. The molecule has 4 rings (SSSR count). The second-order valence-corrected chi connectivity index (χ2v) is 8.31. The van der Waals surface area contributed by atoms with Gasteiger partial charge in [0.05, 0.1) is 15.6 Å². The molecule has 0 N–H and O–H groups in total. The lowest BCUT2D eigenvalue weighted by Gasteiger charge is -2.11. The highest BCUT2D eigenvalue weighted by atomic mass is 35.5. The van der Waals surface area contributed by atoms with Crippen LogP contribution in [0.15, 0.2) is 64.0 Å². The molecule has 0 aliphatic rings. The summed E-state index contributed by atoms with van der Waals surface area (Å²) in [5, 5.41) is 0.210. The van der Waals surface area contributed by atoms with Crippen molar-refractivity contribution < 1.29 is 17.0 Å². The van der Waals surface area contributed by atoms with Crippen LogP contribution in [0.25, 0.3) is 22.7 Å². The van der Waals surface area contributed by atoms with Crippen molar-refractivity contribution in [2.75, 3.05) is 0 Å². The second kappa shape index (κ2) is 7.25. The molecule has 28 heavy (non-hydrogen) atoms. The number of rotatable bonds is 4. The maximum Gasteiger partial charge on any atom is 0.340 e. The van der Waals surface area contributed by atoms with Crippen molar-refractivity contribution in [1.82, 2.24) is 9.97 Å². The quantitative estimate of drug-likeness (QED) is 0.372. The van der Waals surface area contributed by atoms with Gasteiger partial charge in [-0.1, -0.05) is 40.9 Å². The number of pyridine rings is 1. The average molecular weight is 456 g/mol. The predicted molar refractivity (Wildman–Crippen MR) is 107 cm³/mol. The van der Waals surface area contributed by atoms with Gasteiger partial charge in [0.15, 0.2) is 17.0 Å². The van der Waals surface area contributed by atoms with Crippen LogP contribution in [0.4, 0.5) is 0 Å². The van der Waals surface area contributed by atoms with Crippen LogP contribution in [0.1, 0.15) is 0 Å². The van der Waals surface area contributed by atoms with Gasteiger partial charge >= 0.3 is 10.1 Å². The van der Waals surface area contributed by atoms with E-state index < -0.39 is 10.1 Å². The Kier molecular flexibility index (Phi) is 4.93. The Balaban J connectivity index is 1.82. The maximum absolute atomic E-state index is 12.8. The lowest BCUT2D eigenvalue weighted by Crippen LogP contribution is -2.11. The number of fused-ring (bicyclic) bond motifs is 1. The molecule has 142 valence electrons. The molecule has 0 fully saturated rings. The molecule has 0 saturated carbocycles. The standard InChI is InChI=1S/C18H9Cl3N2O4S/c19-10-6-7-11(18-23-17-13(26-18)4-2-8-22-17)14(9-10)27-28(24,25)15-5-1-3-12(20)16(15)21/h1-9H. The van der Waals surface area contributed by atoms with E-state index in [2.05, 4.69) is 9.97 Å². The highest BCUT2D eigenvalue weighted by Gasteiger charge is 2.25. The monoisotopic (exact) mass is 454 g/mol. The van der Waals surface area contributed by atoms with Crippen LogP contribution >= 0.6 is 34.8 Å². The normalized spacial score (nSPS) is 11.7. The zero-order valence-corrected chi connectivity index (χ0v) is 16.8. The van der Waals surface area contributed by atoms with Crippen LogP contribution in [0.3, 0.4) is 0 Å². The van der Waals surface area contributed by atoms with E-state index in [1.165, 1.54) is 30.3 Å². The second-order valence-electron chi connectivity index (χ2n) is 5.57. The Labute approximate surface area is 174 Å². The van der Waals surface area contributed by atoms with E-state index in [1.807, 2.05) is 0 Å². The average Bonchev–Trinajstić information content (AvgIpc) is 3.07. The summed E-state index contributed by atoms with van der Waals surface area (Å²) in [6.07, 6.45) is 1.57. The van der Waals surface area contributed by atoms with Crippen LogP contribution in [-0.4, -0.2) is 18.4 Å². The number of halogens is 3. The summed E-state index contributed by atoms with van der Waals surface area (Å²) in [6, 6.07) is 12.0. The van der Waals surface area contributed by atoms with Gasteiger partial charge in [0, 0.05) is 17.3 Å². The topological polar surface area (TPSA) is 82.3 Å². The van der Waals surface area contributed by atoms with Gasteiger partial charge in [0.2, 0.25) is 5.89 Å². The van der Waals surface area contributed by atoms with Crippen LogP contribution in [0.5, 0.6) is 5.75 Å². The van der Waals surface area contributed by atoms with E-state index in [1.54, 1.807) is 24.4 Å². The minimum atomic E-state index is -4.30. The highest BCUT2D eigenvalue weighted by Crippen LogP contribution is 2.37. The first-order chi connectivity index (χ1) is 13.3. The molecule has 4 aromatic rings. The third-order valence-corrected chi connectivity index (χ3v) is 6.17. The zero-order chi connectivity index (χ0) is 19.9. The van der Waals surface area contributed by atoms with Gasteiger partial charge in [-0.15, -0.1) is 0 Å². The minimum Gasteiger partial charge on any atom is -0.434 e. The van der Waals surface area contributed by atoms with Crippen LogP contribution in [-0.2, 0) is 10.1 Å². The van der Waals surface area contributed by atoms with Gasteiger partial charge in [-0.05, 0) is 36.4 Å². The fraction of sp³-hybridized carbons (Fsp3) is 0. The molecular weight excluding hydrogens is 447 g/mol. The molecule has 0 radical (unpaired) electrons. The molecule has 0 aliphatic heterocycles. The molecule has 0 atom stereocenters. The molecule has 0 unspecified atom stereocenters. The molecule has 10 heteroatoms. The number of nitrogens with zero attached hydrogens (tertiary/aromatic N) is 2. The van der Waals surface area contributed by atoms with Crippen LogP contribution < -0.4 is 4.18 Å². The Morgan fingerprint density at radius 3 is 2.61 bits per heavy atom. The summed E-state index contributed by atoms with van der Waals surface area (Å²) in [7, 11) is -4.30. The smallest absolute Gasteiger partial charge is 0.340 e. The van der Waals surface area contributed by atoms with E-state index in [9.17, 15) is 8.42 Å². The SMILES string of the molecule is O=S(=O)(Oc1cc(Cl)ccc1-c1nc2ncccc2o1)c1cccc(Cl)c1Cl. The van der Waals surface area contributed by atoms with Crippen molar-refractivity contribution in [3.63, 3.8) is 0 Å². The number of hydrogen-bond donors (Lipinski definition) is 0. The molecule has 6 nitrogen and oxygen atoms in total. The number of benzene rings is 2. The van der Waals surface area contributed by atoms with Gasteiger partial charge in [-0.2, -0.15) is 13.4 Å². The van der Waals surface area contributed by atoms with Crippen molar-refractivity contribution in [3.05, 3.63) is 69.8 Å². The Hall–Kier alpha value is -2.32. The summed E-state index contributed by atoms with van der Waals surface area (Å²) in [5.41, 5.74) is 1.10. The van der Waals surface area contributed by atoms with Crippen molar-refractivity contribution in [3.8, 4) is 17.2 Å². The van der Waals surface area contributed by atoms with Crippen molar-refractivity contribution >= 4 is 56.2 Å². The van der Waals surface area contributed by atoms with Gasteiger partial charge in [-0.25, -0.2) is 4.98 Å². The number of aromatic nitrogens is 2. The molecule has 2 aromatic carbocycles. The van der Waals surface area contributed by atoms with Gasteiger partial charge in [0.1, 0.15) is 4.90 Å². The van der Waals surface area contributed by atoms with E-state index >= 15 is 0 Å². The fourth-order valence-electron chi connectivity index (χ4n) is 2.47. The summed E-state index contributed by atoms with van der Waals surface area (Å²) in [4.78, 5) is 8.09. The first-order valence-electron chi connectivity index (χ1n) is 7.75. The number of hydrogen-bond acceptors (Lipinski definition) is 6. The molecule has 0 amide bonds. The molecular formula is C18H9Cl3N2O4S. The van der Waals surface area contributed by atoms with Crippen LogP contribution in [0, 0.1) is 0 Å². The molecule has 0 aliphatic carbocycles. The van der Waals surface area contributed by atoms with E-state index in [0.717, 1.165) is 0 Å². The van der Waals surface area contributed by atoms with Gasteiger partial charge < -0.3 is 8.60 Å². The van der Waals surface area contributed by atoms with Crippen molar-refractivity contribution in [2.45, 2.75) is 4.90 Å². The lowest BCUT2D eigenvalue weighted by atomic mass is 10.2. The third kappa shape index (κ3) is 3.54. The van der Waals surface area contributed by atoms with E-state index in [4.69, 9.17) is 43.4 Å². The molecule has 0 saturated heterocycles. The molecule has 2 heterocycles. The van der Waals surface area contributed by atoms with Gasteiger partial charge in [0.25, 0.3) is 0 Å². The Bertz CT molecular complexity index is 1270. The largest absolute Gasteiger partial charge is 0.434 e. The van der Waals surface area contributed by atoms with Gasteiger partial charge in [-0.3, -0.25) is 0 Å². The summed E-state index contributed by atoms with van der Waals surface area (Å²) in [6.45, 7) is 0. The maximum atomic E-state index is 12.8. The fourth-order valence-corrected chi connectivity index (χ4v) is 4.31. The number of oxazole rings is 1. The summed E-state index contributed by atoms with van der Waals surface area (Å²) in [5.74, 6) is 0.0582. The predicted octanol–water partition coefficient (Wildman–Crippen LogP) is 5.62. The third-order valence-electron chi connectivity index (χ3n) is 3.72. The minimum absolute atomic E-state index is 0.0740. The zero-order valence-electron chi connectivity index (χ0n) is 13.8. The first kappa shape index (κ1) is 19.0. The summed E-state index contributed by atoms with van der Waals surface area (Å²) < 4.78 is 36.5. The van der Waals surface area contributed by atoms with Crippen LogP contribution in [0.2, 0.25) is 15.1 Å². The van der Waals surface area contributed by atoms with Crippen molar-refractivity contribution in [2.24, 2.45) is 0 Å². The molecule has 2 aromatic heterocycles. The molecule has 0 bridgehead atoms. The Morgan fingerprint density at radius 1 is 1.00 bits per heavy atom.